The maximum Gasteiger partial charge on any atom is 0.526 e. The summed E-state index contributed by atoms with van der Waals surface area (Å²) < 4.78 is 13.6. The molecule has 0 aliphatic carbocycles. The minimum Gasteiger partial charge on any atom is -0.279 e. The maximum absolute atomic E-state index is 13.6. The molecule has 0 bridgehead atoms. The quantitative estimate of drug-likeness (QED) is 0.0510. The van der Waals surface area contributed by atoms with Crippen molar-refractivity contribution in [2.75, 3.05) is 6.54 Å². The molecule has 0 rings (SSSR count). The van der Waals surface area contributed by atoms with Gasteiger partial charge in [0, 0.05) is 11.8 Å². The van der Waals surface area contributed by atoms with Crippen LogP contribution in [0.1, 0.15) is 190 Å². The number of rotatable bonds is 29. The molecule has 0 saturated heterocycles. The van der Waals surface area contributed by atoms with Crippen LogP contribution < -0.4 is 0 Å². The van der Waals surface area contributed by atoms with Gasteiger partial charge in [-0.05, 0) is 64.2 Å². The summed E-state index contributed by atoms with van der Waals surface area (Å²) in [5.74, 6) is 0.604. The number of nitrogens with zero attached hydrogens (tertiary/aromatic N) is 1. The number of hydrogen-bond acceptors (Lipinski definition) is 1. The SMILES string of the molecule is CCCCCCCC/C=C\CCCCCCCCCC[N+](C(CCC)C(C)CC)(C(CCC)C(C)CC)P(=O)(O)O. The topological polar surface area (TPSA) is 57.5 Å². The Bertz CT molecular complexity index is 641. The lowest BCUT2D eigenvalue weighted by Crippen LogP contribution is -2.62. The molecule has 0 spiro atoms. The molecule has 0 aliphatic heterocycles. The van der Waals surface area contributed by atoms with E-state index < -0.39 is 7.75 Å². The first-order chi connectivity index (χ1) is 19.7. The van der Waals surface area contributed by atoms with Gasteiger partial charge in [0.25, 0.3) is 0 Å². The third-order valence-electron chi connectivity index (χ3n) is 9.93. The smallest absolute Gasteiger partial charge is 0.279 e. The van der Waals surface area contributed by atoms with E-state index in [1.165, 1.54) is 89.9 Å². The molecule has 0 aromatic carbocycles. The van der Waals surface area contributed by atoms with Gasteiger partial charge < -0.3 is 0 Å². The van der Waals surface area contributed by atoms with E-state index in [2.05, 4.69) is 60.6 Å². The van der Waals surface area contributed by atoms with E-state index in [0.29, 0.717) is 18.4 Å². The van der Waals surface area contributed by atoms with Gasteiger partial charge in [-0.25, -0.2) is 8.82 Å². The van der Waals surface area contributed by atoms with Gasteiger partial charge in [0.1, 0.15) is 0 Å². The highest BCUT2D eigenvalue weighted by molar-refractivity contribution is 7.45. The Morgan fingerprint density at radius 3 is 1.27 bits per heavy atom. The zero-order chi connectivity index (χ0) is 31.0. The summed E-state index contributed by atoms with van der Waals surface area (Å²) in [4.78, 5) is 22.3. The van der Waals surface area contributed by atoms with Crippen LogP contribution in [0.15, 0.2) is 12.2 Å². The summed E-state index contributed by atoms with van der Waals surface area (Å²) >= 11 is 0. The van der Waals surface area contributed by atoms with Gasteiger partial charge in [0.05, 0.1) is 18.6 Å². The Morgan fingerprint density at radius 1 is 0.561 bits per heavy atom. The van der Waals surface area contributed by atoms with Crippen LogP contribution in [0.5, 0.6) is 0 Å². The largest absolute Gasteiger partial charge is 0.526 e. The van der Waals surface area contributed by atoms with Gasteiger partial charge in [-0.1, -0.05) is 138 Å². The Hall–Kier alpha value is -0.150. The van der Waals surface area contributed by atoms with Crippen molar-refractivity contribution in [1.29, 1.82) is 0 Å². The highest BCUT2D eigenvalue weighted by Crippen LogP contribution is 2.57. The Labute approximate surface area is 258 Å². The van der Waals surface area contributed by atoms with Crippen LogP contribution in [-0.2, 0) is 4.57 Å². The van der Waals surface area contributed by atoms with E-state index in [9.17, 15) is 14.4 Å². The second-order valence-corrected chi connectivity index (χ2v) is 15.0. The summed E-state index contributed by atoms with van der Waals surface area (Å²) in [6.07, 6.45) is 30.9. The number of hydrogen-bond donors (Lipinski definition) is 2. The predicted molar refractivity (Wildman–Crippen MR) is 182 cm³/mol. The lowest BCUT2D eigenvalue weighted by atomic mass is 9.86. The first-order valence-corrected chi connectivity index (χ1v) is 19.8. The summed E-state index contributed by atoms with van der Waals surface area (Å²) in [6, 6.07) is 0.0486. The van der Waals surface area contributed by atoms with Crippen molar-refractivity contribution in [2.45, 2.75) is 202 Å². The van der Waals surface area contributed by atoms with Gasteiger partial charge in [0.2, 0.25) is 0 Å². The molecule has 0 heterocycles. The lowest BCUT2D eigenvalue weighted by molar-refractivity contribution is -0.884. The fourth-order valence-corrected chi connectivity index (χ4v) is 8.95. The molecule has 4 atom stereocenters. The van der Waals surface area contributed by atoms with Crippen molar-refractivity contribution in [3.8, 4) is 0 Å². The first-order valence-electron chi connectivity index (χ1n) is 18.3. The van der Waals surface area contributed by atoms with Crippen LogP contribution in [0, 0.1) is 11.8 Å². The molecule has 246 valence electrons. The number of quaternary nitrogens is 1. The molecule has 0 aliphatic rings. The summed E-state index contributed by atoms with van der Waals surface area (Å²) in [7, 11) is -4.37. The number of allylic oxidation sites excluding steroid dienone is 2. The molecular weight excluding hydrogens is 525 g/mol. The molecule has 0 radical (unpaired) electrons. The Kier molecular flexibility index (Phi) is 25.1. The molecule has 4 nitrogen and oxygen atoms in total. The van der Waals surface area contributed by atoms with E-state index in [4.69, 9.17) is 0 Å². The standard InChI is InChI=1S/C36H74NO3P/c1-8-13-14-15-16-17-18-19-20-21-22-23-24-25-26-27-28-29-32-37(41(38,39)40,35(30-9-2)33(6)11-4)36(31-10-3)34(7)12-5/h19-20,33-36H,8-18,21-32H2,1-7H3,(H-,38,39,40)/p+1/b20-19-. The minimum atomic E-state index is -4.37. The van der Waals surface area contributed by atoms with Crippen LogP contribution in [0.4, 0.5) is 0 Å². The predicted octanol–water partition coefficient (Wildman–Crippen LogP) is 12.1. The molecule has 0 aromatic heterocycles. The fourth-order valence-electron chi connectivity index (χ4n) is 7.09. The minimum absolute atomic E-state index is 0.0243. The van der Waals surface area contributed by atoms with Crippen molar-refractivity contribution in [2.24, 2.45) is 11.8 Å². The van der Waals surface area contributed by atoms with Crippen LogP contribution in [-0.4, -0.2) is 32.7 Å². The van der Waals surface area contributed by atoms with Gasteiger partial charge in [-0.3, -0.25) is 9.79 Å². The highest BCUT2D eigenvalue weighted by Gasteiger charge is 2.57. The van der Waals surface area contributed by atoms with E-state index in [0.717, 1.165) is 51.4 Å². The zero-order valence-electron chi connectivity index (χ0n) is 28.9. The van der Waals surface area contributed by atoms with Crippen molar-refractivity contribution in [3.05, 3.63) is 12.2 Å². The molecule has 4 unspecified atom stereocenters. The summed E-state index contributed by atoms with van der Waals surface area (Å²) in [5, 5.41) is 0. The monoisotopic (exact) mass is 601 g/mol. The molecule has 0 amide bonds. The Balaban J connectivity index is 4.78. The van der Waals surface area contributed by atoms with Crippen LogP contribution in [0.25, 0.3) is 0 Å². The van der Waals surface area contributed by atoms with E-state index >= 15 is 0 Å². The van der Waals surface area contributed by atoms with Crippen molar-refractivity contribution < 1.29 is 18.6 Å². The molecular formula is C36H75NO3P+. The van der Waals surface area contributed by atoms with Crippen molar-refractivity contribution in [1.82, 2.24) is 0 Å². The van der Waals surface area contributed by atoms with Crippen molar-refractivity contribution in [3.63, 3.8) is 0 Å². The molecule has 0 aromatic rings. The first kappa shape index (κ1) is 40.9. The molecule has 2 N–H and O–H groups in total. The second kappa shape index (κ2) is 25.2. The van der Waals surface area contributed by atoms with Crippen molar-refractivity contribution >= 4 is 7.75 Å². The summed E-state index contributed by atoms with van der Waals surface area (Å²) in [6.45, 7) is 16.1. The average molecular weight is 601 g/mol. The lowest BCUT2D eigenvalue weighted by Gasteiger charge is -2.52. The second-order valence-electron chi connectivity index (χ2n) is 13.3. The molecule has 41 heavy (non-hydrogen) atoms. The van der Waals surface area contributed by atoms with Gasteiger partial charge in [-0.2, -0.15) is 0 Å². The van der Waals surface area contributed by atoms with Gasteiger partial charge in [0.15, 0.2) is 0 Å². The fraction of sp³-hybridized carbons (Fsp3) is 0.944. The Morgan fingerprint density at radius 2 is 0.927 bits per heavy atom. The third-order valence-corrected chi connectivity index (χ3v) is 11.7. The normalized spacial score (nSPS) is 17.0. The van der Waals surface area contributed by atoms with Gasteiger partial charge >= 0.3 is 7.75 Å². The average Bonchev–Trinajstić information content (AvgIpc) is 2.95. The molecule has 0 saturated carbocycles. The third kappa shape index (κ3) is 15.9. The molecule has 0 fully saturated rings. The molecule has 5 heteroatoms. The maximum atomic E-state index is 13.6. The van der Waals surface area contributed by atoms with E-state index in [1.54, 1.807) is 0 Å². The van der Waals surface area contributed by atoms with Crippen LogP contribution in [0.2, 0.25) is 0 Å². The van der Waals surface area contributed by atoms with E-state index in [1.807, 2.05) is 0 Å². The van der Waals surface area contributed by atoms with Crippen LogP contribution in [0.3, 0.4) is 0 Å². The summed E-state index contributed by atoms with van der Waals surface area (Å²) in [5.41, 5.74) is 0. The highest BCUT2D eigenvalue weighted by atomic mass is 31.2. The van der Waals surface area contributed by atoms with Gasteiger partial charge in [-0.15, -0.1) is 0 Å². The van der Waals surface area contributed by atoms with E-state index in [-0.39, 0.29) is 16.3 Å². The number of unbranched alkanes of at least 4 members (excludes halogenated alkanes) is 14. The zero-order valence-corrected chi connectivity index (χ0v) is 29.8. The van der Waals surface area contributed by atoms with Crippen LogP contribution >= 0.6 is 7.75 Å².